The number of methoxy groups -OCH3 is 1. The molecule has 0 saturated heterocycles. The number of nitrogens with one attached hydrogen (secondary N) is 3. The van der Waals surface area contributed by atoms with Gasteiger partial charge in [-0.2, -0.15) is 0 Å². The molecule has 0 aromatic heterocycles. The lowest BCUT2D eigenvalue weighted by Crippen LogP contribution is -2.45. The summed E-state index contributed by atoms with van der Waals surface area (Å²) < 4.78 is 9.92. The molecule has 0 aliphatic heterocycles. The van der Waals surface area contributed by atoms with E-state index in [4.69, 9.17) is 17.0 Å². The van der Waals surface area contributed by atoms with E-state index in [0.717, 1.165) is 5.69 Å². The maximum atomic E-state index is 11.7. The largest absolute Gasteiger partial charge is 0.484 e. The van der Waals surface area contributed by atoms with E-state index < -0.39 is 11.9 Å². The molecule has 0 unspecified atom stereocenters. The highest BCUT2D eigenvalue weighted by atomic mass is 32.1. The van der Waals surface area contributed by atoms with Crippen molar-refractivity contribution in [3.8, 4) is 5.75 Å². The summed E-state index contributed by atoms with van der Waals surface area (Å²) in [5.41, 5.74) is 6.20. The van der Waals surface area contributed by atoms with E-state index in [1.165, 1.54) is 7.11 Å². The average molecular weight is 359 g/mol. The van der Waals surface area contributed by atoms with Gasteiger partial charge in [0.05, 0.1) is 12.7 Å². The highest BCUT2D eigenvalue weighted by Gasteiger charge is 2.07. The lowest BCUT2D eigenvalue weighted by Gasteiger charge is -2.12. The molecule has 0 spiro atoms. The lowest BCUT2D eigenvalue weighted by atomic mass is 10.2. The molecule has 0 heterocycles. The standard InChI is InChI=1S/C17H17N3O4S/c1-23-16(22)12-7-9-14(10-8-12)24-11-15(21)19-20-17(25)18-13-5-3-2-4-6-13/h2-10H,11H2,1H3,(H,19,21)(H2,18,20,25). The molecular formula is C17H17N3O4S. The quantitative estimate of drug-likeness (QED) is 0.427. The van der Waals surface area contributed by atoms with Crippen LogP contribution < -0.4 is 20.9 Å². The number of benzene rings is 2. The van der Waals surface area contributed by atoms with Gasteiger partial charge in [-0.3, -0.25) is 15.6 Å². The van der Waals surface area contributed by atoms with Crippen molar-refractivity contribution in [1.82, 2.24) is 10.9 Å². The molecule has 2 rings (SSSR count). The second-order valence-electron chi connectivity index (χ2n) is 4.80. The highest BCUT2D eigenvalue weighted by molar-refractivity contribution is 7.80. The molecule has 130 valence electrons. The number of hydrazine groups is 1. The number of esters is 1. The van der Waals surface area contributed by atoms with Crippen LogP contribution in [-0.4, -0.2) is 30.7 Å². The summed E-state index contributed by atoms with van der Waals surface area (Å²) in [5.74, 6) is -0.394. The van der Waals surface area contributed by atoms with Crippen molar-refractivity contribution in [3.63, 3.8) is 0 Å². The van der Waals surface area contributed by atoms with Gasteiger partial charge in [-0.15, -0.1) is 0 Å². The summed E-state index contributed by atoms with van der Waals surface area (Å²) in [4.78, 5) is 23.1. The smallest absolute Gasteiger partial charge is 0.337 e. The van der Waals surface area contributed by atoms with Crippen LogP contribution in [0.2, 0.25) is 0 Å². The third-order valence-corrected chi connectivity index (χ3v) is 3.20. The van der Waals surface area contributed by atoms with Crippen LogP contribution in [0.5, 0.6) is 5.75 Å². The van der Waals surface area contributed by atoms with Crippen molar-refractivity contribution in [2.24, 2.45) is 0 Å². The SMILES string of the molecule is COC(=O)c1ccc(OCC(=O)NNC(=S)Nc2ccccc2)cc1. The average Bonchev–Trinajstić information content (AvgIpc) is 2.65. The minimum Gasteiger partial charge on any atom is -0.484 e. The van der Waals surface area contributed by atoms with Gasteiger partial charge in [-0.05, 0) is 48.6 Å². The van der Waals surface area contributed by atoms with Gasteiger partial charge in [0.1, 0.15) is 5.75 Å². The van der Waals surface area contributed by atoms with Gasteiger partial charge in [0.2, 0.25) is 0 Å². The van der Waals surface area contributed by atoms with Crippen molar-refractivity contribution in [1.29, 1.82) is 0 Å². The van der Waals surface area contributed by atoms with Crippen LogP contribution in [0.4, 0.5) is 5.69 Å². The van der Waals surface area contributed by atoms with Gasteiger partial charge < -0.3 is 14.8 Å². The third kappa shape index (κ3) is 6.11. The first kappa shape index (κ1) is 18.2. The number of para-hydroxylation sites is 1. The van der Waals surface area contributed by atoms with Crippen LogP contribution in [-0.2, 0) is 9.53 Å². The Bertz CT molecular complexity index is 735. The molecule has 0 aliphatic carbocycles. The highest BCUT2D eigenvalue weighted by Crippen LogP contribution is 2.12. The molecule has 25 heavy (non-hydrogen) atoms. The number of rotatable bonds is 5. The number of anilines is 1. The van der Waals surface area contributed by atoms with E-state index in [1.807, 2.05) is 30.3 Å². The number of carbonyl (C=O) groups is 2. The van der Waals surface area contributed by atoms with E-state index in [9.17, 15) is 9.59 Å². The van der Waals surface area contributed by atoms with Crippen molar-refractivity contribution >= 4 is 34.9 Å². The number of thiocarbonyl (C=S) groups is 1. The second-order valence-corrected chi connectivity index (χ2v) is 5.21. The predicted octanol–water partition coefficient (Wildman–Crippen LogP) is 1.87. The summed E-state index contributed by atoms with van der Waals surface area (Å²) in [6, 6.07) is 15.6. The first-order valence-corrected chi connectivity index (χ1v) is 7.71. The number of carbonyl (C=O) groups excluding carboxylic acids is 2. The Hall–Kier alpha value is -3.13. The lowest BCUT2D eigenvalue weighted by molar-refractivity contribution is -0.123. The van der Waals surface area contributed by atoms with Crippen LogP contribution >= 0.6 is 12.2 Å². The number of amides is 1. The number of hydrogen-bond acceptors (Lipinski definition) is 5. The zero-order chi connectivity index (χ0) is 18.1. The fourth-order valence-electron chi connectivity index (χ4n) is 1.80. The summed E-state index contributed by atoms with van der Waals surface area (Å²) in [6.07, 6.45) is 0. The van der Waals surface area contributed by atoms with E-state index in [-0.39, 0.29) is 11.7 Å². The Balaban J connectivity index is 1.71. The predicted molar refractivity (Wildman–Crippen MR) is 97.2 cm³/mol. The zero-order valence-electron chi connectivity index (χ0n) is 13.4. The van der Waals surface area contributed by atoms with Gasteiger partial charge in [-0.25, -0.2) is 4.79 Å². The first-order chi connectivity index (χ1) is 12.1. The van der Waals surface area contributed by atoms with Crippen LogP contribution in [0.3, 0.4) is 0 Å². The van der Waals surface area contributed by atoms with E-state index >= 15 is 0 Å². The van der Waals surface area contributed by atoms with Crippen LogP contribution in [0, 0.1) is 0 Å². The molecular weight excluding hydrogens is 342 g/mol. The Kier molecular flexibility index (Phi) is 6.73. The molecule has 0 saturated carbocycles. The van der Waals surface area contributed by atoms with E-state index in [2.05, 4.69) is 20.9 Å². The van der Waals surface area contributed by atoms with Crippen LogP contribution in [0.15, 0.2) is 54.6 Å². The van der Waals surface area contributed by atoms with Crippen molar-refractivity contribution in [2.75, 3.05) is 19.0 Å². The van der Waals surface area contributed by atoms with Crippen LogP contribution in [0.25, 0.3) is 0 Å². The summed E-state index contributed by atoms with van der Waals surface area (Å²) >= 11 is 5.06. The van der Waals surface area contributed by atoms with Crippen molar-refractivity contribution in [3.05, 3.63) is 60.2 Å². The monoisotopic (exact) mass is 359 g/mol. The van der Waals surface area contributed by atoms with Gasteiger partial charge in [-0.1, -0.05) is 18.2 Å². The van der Waals surface area contributed by atoms with Gasteiger partial charge in [0.15, 0.2) is 11.7 Å². The molecule has 0 bridgehead atoms. The fourth-order valence-corrected chi connectivity index (χ4v) is 1.97. The van der Waals surface area contributed by atoms with Crippen molar-refractivity contribution in [2.45, 2.75) is 0 Å². The first-order valence-electron chi connectivity index (χ1n) is 7.30. The molecule has 8 heteroatoms. The molecule has 1 amide bonds. The molecule has 7 nitrogen and oxygen atoms in total. The Morgan fingerprint density at radius 3 is 2.32 bits per heavy atom. The Morgan fingerprint density at radius 1 is 1.00 bits per heavy atom. The summed E-state index contributed by atoms with van der Waals surface area (Å²) in [5, 5.41) is 3.17. The molecule has 0 fully saturated rings. The molecule has 0 radical (unpaired) electrons. The fraction of sp³-hybridized carbons (Fsp3) is 0.118. The number of ether oxygens (including phenoxy) is 2. The third-order valence-electron chi connectivity index (χ3n) is 2.99. The van der Waals surface area contributed by atoms with Crippen molar-refractivity contribution < 1.29 is 19.1 Å². The van der Waals surface area contributed by atoms with E-state index in [1.54, 1.807) is 24.3 Å². The minimum atomic E-state index is -0.437. The second kappa shape index (κ2) is 9.24. The zero-order valence-corrected chi connectivity index (χ0v) is 14.3. The van der Waals surface area contributed by atoms with E-state index in [0.29, 0.717) is 11.3 Å². The van der Waals surface area contributed by atoms with Gasteiger partial charge in [0, 0.05) is 5.69 Å². The molecule has 0 aliphatic rings. The van der Waals surface area contributed by atoms with Gasteiger partial charge in [0.25, 0.3) is 5.91 Å². The topological polar surface area (TPSA) is 88.7 Å². The Morgan fingerprint density at radius 2 is 1.68 bits per heavy atom. The molecule has 0 atom stereocenters. The Labute approximate surface area is 150 Å². The number of hydrogen-bond donors (Lipinski definition) is 3. The summed E-state index contributed by atoms with van der Waals surface area (Å²) in [6.45, 7) is -0.210. The van der Waals surface area contributed by atoms with Crippen LogP contribution in [0.1, 0.15) is 10.4 Å². The minimum absolute atomic E-state index is 0.210. The molecule has 3 N–H and O–H groups in total. The molecule has 2 aromatic carbocycles. The molecule has 2 aromatic rings. The maximum absolute atomic E-state index is 11.7. The summed E-state index contributed by atoms with van der Waals surface area (Å²) in [7, 11) is 1.31. The van der Waals surface area contributed by atoms with Gasteiger partial charge >= 0.3 is 5.97 Å². The normalized spacial score (nSPS) is 9.64. The maximum Gasteiger partial charge on any atom is 0.337 e.